The predicted octanol–water partition coefficient (Wildman–Crippen LogP) is 4.30. The molecule has 0 heterocycles. The molecule has 0 spiro atoms. The number of benzene rings is 1. The predicted molar refractivity (Wildman–Crippen MR) is 89.1 cm³/mol. The fourth-order valence-electron chi connectivity index (χ4n) is 5.54. The van der Waals surface area contributed by atoms with E-state index in [1.165, 1.54) is 29.5 Å². The fraction of sp³-hybridized carbons (Fsp3) is 0.600. The second-order valence-electron chi connectivity index (χ2n) is 7.73. The summed E-state index contributed by atoms with van der Waals surface area (Å²) in [6.07, 6.45) is 9.11. The van der Waals surface area contributed by atoms with Crippen LogP contribution in [0.25, 0.3) is 6.08 Å². The number of ether oxygens (including phenoxy) is 1. The van der Waals surface area contributed by atoms with Crippen LogP contribution in [0.4, 0.5) is 0 Å². The van der Waals surface area contributed by atoms with Crippen molar-refractivity contribution in [1.82, 2.24) is 0 Å². The summed E-state index contributed by atoms with van der Waals surface area (Å²) < 4.78 is 5.43. The highest BCUT2D eigenvalue weighted by molar-refractivity contribution is 5.63. The molecule has 118 valence electrons. The van der Waals surface area contributed by atoms with Crippen molar-refractivity contribution in [1.29, 1.82) is 0 Å². The molecule has 2 saturated carbocycles. The number of rotatable bonds is 1. The Morgan fingerprint density at radius 2 is 2.05 bits per heavy atom. The minimum atomic E-state index is -0.106. The molecule has 0 aliphatic heterocycles. The first kappa shape index (κ1) is 14.3. The first-order chi connectivity index (χ1) is 10.5. The van der Waals surface area contributed by atoms with Crippen LogP contribution in [-0.2, 0) is 0 Å². The topological polar surface area (TPSA) is 29.5 Å². The van der Waals surface area contributed by atoms with Crippen molar-refractivity contribution in [3.63, 3.8) is 0 Å². The van der Waals surface area contributed by atoms with Crippen LogP contribution in [0.2, 0.25) is 0 Å². The lowest BCUT2D eigenvalue weighted by Gasteiger charge is -2.48. The van der Waals surface area contributed by atoms with Gasteiger partial charge >= 0.3 is 0 Å². The molecule has 3 aliphatic rings. The van der Waals surface area contributed by atoms with Crippen molar-refractivity contribution in [3.8, 4) is 5.75 Å². The summed E-state index contributed by atoms with van der Waals surface area (Å²) in [5.74, 6) is 2.80. The van der Waals surface area contributed by atoms with E-state index < -0.39 is 0 Å². The normalized spacial score (nSPS) is 39.1. The number of allylic oxidation sites excluding steroid dienone is 1. The van der Waals surface area contributed by atoms with Crippen LogP contribution in [0.15, 0.2) is 18.2 Å². The van der Waals surface area contributed by atoms with Gasteiger partial charge in [-0.3, -0.25) is 0 Å². The van der Waals surface area contributed by atoms with Crippen LogP contribution in [0.5, 0.6) is 5.75 Å². The maximum Gasteiger partial charge on any atom is 0.119 e. The molecule has 0 radical (unpaired) electrons. The molecule has 0 unspecified atom stereocenters. The van der Waals surface area contributed by atoms with Crippen LogP contribution in [0.1, 0.15) is 55.2 Å². The van der Waals surface area contributed by atoms with E-state index in [1.807, 2.05) is 0 Å². The number of hydrogen-bond donors (Lipinski definition) is 1. The molecular weight excluding hydrogens is 272 g/mol. The quantitative estimate of drug-likeness (QED) is 0.837. The van der Waals surface area contributed by atoms with Crippen LogP contribution in [0.3, 0.4) is 0 Å². The van der Waals surface area contributed by atoms with Gasteiger partial charge in [-0.2, -0.15) is 0 Å². The molecule has 2 heteroatoms. The summed E-state index contributed by atoms with van der Waals surface area (Å²) in [5, 5.41) is 10.5. The molecule has 0 amide bonds. The highest BCUT2D eigenvalue weighted by Crippen LogP contribution is 2.60. The van der Waals surface area contributed by atoms with Gasteiger partial charge in [0.05, 0.1) is 13.2 Å². The molecule has 4 rings (SSSR count). The number of methoxy groups -OCH3 is 1. The average molecular weight is 298 g/mol. The molecule has 0 aromatic heterocycles. The number of fused-ring (bicyclic) bond motifs is 5. The third-order valence-electron chi connectivity index (χ3n) is 6.78. The van der Waals surface area contributed by atoms with Gasteiger partial charge in [0.25, 0.3) is 0 Å². The Kier molecular flexibility index (Phi) is 3.16. The SMILES string of the molecule is COc1cc(C)c2c(c1)C=C[C@@H]1[C@@H]2CC[C@@]2(C)[C@@H]1CC[C@@H]2O. The molecule has 3 aliphatic carbocycles. The summed E-state index contributed by atoms with van der Waals surface area (Å²) in [7, 11) is 1.74. The molecule has 5 atom stereocenters. The van der Waals surface area contributed by atoms with Gasteiger partial charge in [-0.1, -0.05) is 19.1 Å². The summed E-state index contributed by atoms with van der Waals surface area (Å²) >= 11 is 0. The van der Waals surface area contributed by atoms with Crippen molar-refractivity contribution in [3.05, 3.63) is 34.9 Å². The molecule has 2 fully saturated rings. The molecule has 22 heavy (non-hydrogen) atoms. The van der Waals surface area contributed by atoms with Crippen molar-refractivity contribution in [2.75, 3.05) is 7.11 Å². The fourth-order valence-corrected chi connectivity index (χ4v) is 5.54. The molecule has 0 bridgehead atoms. The lowest BCUT2D eigenvalue weighted by atomic mass is 9.56. The number of aliphatic hydroxyl groups is 1. The van der Waals surface area contributed by atoms with Gasteiger partial charge in [-0.05, 0) is 84.6 Å². The van der Waals surface area contributed by atoms with Gasteiger partial charge < -0.3 is 9.84 Å². The Morgan fingerprint density at radius 3 is 2.82 bits per heavy atom. The van der Waals surface area contributed by atoms with E-state index in [9.17, 15) is 5.11 Å². The minimum absolute atomic E-state index is 0.106. The van der Waals surface area contributed by atoms with Crippen molar-refractivity contribution in [2.24, 2.45) is 17.3 Å². The third-order valence-corrected chi connectivity index (χ3v) is 6.78. The summed E-state index contributed by atoms with van der Waals surface area (Å²) in [4.78, 5) is 0. The lowest BCUT2D eigenvalue weighted by Crippen LogP contribution is -2.42. The zero-order chi connectivity index (χ0) is 15.5. The summed E-state index contributed by atoms with van der Waals surface area (Å²) in [5.41, 5.74) is 4.34. The standard InChI is InChI=1S/C20H26O2/c1-12-10-14(22-3)11-13-4-5-15-16(19(12)13)8-9-20(2)17(15)6-7-18(20)21/h4-5,10-11,15-18,21H,6-9H2,1-3H3/t15-,16+,17-,18+,20+/m1/s1. The van der Waals surface area contributed by atoms with Gasteiger partial charge in [0.2, 0.25) is 0 Å². The van der Waals surface area contributed by atoms with Crippen LogP contribution >= 0.6 is 0 Å². The molecule has 2 nitrogen and oxygen atoms in total. The number of aliphatic hydroxyl groups excluding tert-OH is 1. The Balaban J connectivity index is 1.77. The second-order valence-corrected chi connectivity index (χ2v) is 7.73. The van der Waals surface area contributed by atoms with Crippen LogP contribution < -0.4 is 4.74 Å². The maximum absolute atomic E-state index is 10.5. The van der Waals surface area contributed by atoms with Crippen molar-refractivity contribution in [2.45, 2.75) is 51.6 Å². The van der Waals surface area contributed by atoms with Gasteiger partial charge in [-0.15, -0.1) is 0 Å². The minimum Gasteiger partial charge on any atom is -0.497 e. The zero-order valence-corrected chi connectivity index (χ0v) is 13.8. The Labute approximate surface area is 133 Å². The monoisotopic (exact) mass is 298 g/mol. The Hall–Kier alpha value is -1.28. The van der Waals surface area contributed by atoms with E-state index in [1.54, 1.807) is 7.11 Å². The summed E-state index contributed by atoms with van der Waals surface area (Å²) in [6.45, 7) is 4.53. The first-order valence-corrected chi connectivity index (χ1v) is 8.59. The number of hydrogen-bond acceptors (Lipinski definition) is 2. The highest BCUT2D eigenvalue weighted by atomic mass is 16.5. The van der Waals surface area contributed by atoms with Crippen LogP contribution in [0, 0.1) is 24.2 Å². The number of aryl methyl sites for hydroxylation is 1. The summed E-state index contributed by atoms with van der Waals surface area (Å²) in [6, 6.07) is 4.35. The van der Waals surface area contributed by atoms with Gasteiger partial charge in [0.15, 0.2) is 0 Å². The maximum atomic E-state index is 10.5. The molecule has 1 aromatic rings. The van der Waals surface area contributed by atoms with Crippen LogP contribution in [-0.4, -0.2) is 18.3 Å². The van der Waals surface area contributed by atoms with E-state index in [-0.39, 0.29) is 11.5 Å². The van der Waals surface area contributed by atoms with Crippen molar-refractivity contribution >= 4 is 6.08 Å². The van der Waals surface area contributed by atoms with E-state index in [0.717, 1.165) is 18.6 Å². The van der Waals surface area contributed by atoms with Gasteiger partial charge in [-0.25, -0.2) is 0 Å². The molecule has 1 aromatic carbocycles. The average Bonchev–Trinajstić information content (AvgIpc) is 2.82. The van der Waals surface area contributed by atoms with Crippen molar-refractivity contribution < 1.29 is 9.84 Å². The van der Waals surface area contributed by atoms with E-state index in [0.29, 0.717) is 17.8 Å². The largest absolute Gasteiger partial charge is 0.497 e. The Morgan fingerprint density at radius 1 is 1.23 bits per heavy atom. The molecule has 1 N–H and O–H groups in total. The van der Waals surface area contributed by atoms with E-state index >= 15 is 0 Å². The first-order valence-electron chi connectivity index (χ1n) is 8.59. The van der Waals surface area contributed by atoms with Gasteiger partial charge in [0.1, 0.15) is 5.75 Å². The molecule has 0 saturated heterocycles. The second kappa shape index (κ2) is 4.86. The molecular formula is C20H26O2. The van der Waals surface area contributed by atoms with E-state index in [4.69, 9.17) is 4.74 Å². The zero-order valence-electron chi connectivity index (χ0n) is 13.8. The van der Waals surface area contributed by atoms with Gasteiger partial charge in [0, 0.05) is 0 Å². The smallest absolute Gasteiger partial charge is 0.119 e. The Bertz CT molecular complexity index is 633. The lowest BCUT2D eigenvalue weighted by molar-refractivity contribution is -0.00803. The highest BCUT2D eigenvalue weighted by Gasteiger charge is 2.53. The third kappa shape index (κ3) is 1.83. The van der Waals surface area contributed by atoms with E-state index in [2.05, 4.69) is 38.1 Å².